The van der Waals surface area contributed by atoms with Crippen LogP contribution in [0.15, 0.2) is 60.1 Å². The van der Waals surface area contributed by atoms with E-state index in [4.69, 9.17) is 0 Å². The van der Waals surface area contributed by atoms with Crippen molar-refractivity contribution in [2.24, 2.45) is 11.8 Å². The van der Waals surface area contributed by atoms with Crippen LogP contribution in [0.4, 0.5) is 10.1 Å². The fourth-order valence-electron chi connectivity index (χ4n) is 3.89. The minimum atomic E-state index is -1.04. The van der Waals surface area contributed by atoms with Crippen molar-refractivity contribution in [2.75, 3.05) is 4.90 Å². The van der Waals surface area contributed by atoms with Gasteiger partial charge in [-0.1, -0.05) is 37.3 Å². The lowest BCUT2D eigenvalue weighted by molar-refractivity contribution is -0.119. The van der Waals surface area contributed by atoms with Crippen LogP contribution in [-0.4, -0.2) is 33.8 Å². The minimum absolute atomic E-state index is 0.0788. The topological polar surface area (TPSA) is 65.5 Å². The molecule has 31 heavy (non-hydrogen) atoms. The molecule has 0 spiro atoms. The number of nitrogens with one attached hydrogen (secondary N) is 1. The van der Waals surface area contributed by atoms with Gasteiger partial charge in [-0.25, -0.2) is 4.98 Å². The van der Waals surface area contributed by atoms with Crippen LogP contribution in [0.1, 0.15) is 32.6 Å². The summed E-state index contributed by atoms with van der Waals surface area (Å²) < 4.78 is 14.1. The van der Waals surface area contributed by atoms with E-state index in [0.29, 0.717) is 5.69 Å². The highest BCUT2D eigenvalue weighted by Gasteiger charge is 2.39. The number of anilines is 1. The lowest BCUT2D eigenvalue weighted by atomic mass is 9.81. The van der Waals surface area contributed by atoms with Crippen molar-refractivity contribution >= 4 is 22.9 Å². The summed E-state index contributed by atoms with van der Waals surface area (Å²) in [5.74, 6) is -0.966. The van der Waals surface area contributed by atoms with Crippen molar-refractivity contribution in [3.05, 3.63) is 71.0 Å². The molecule has 1 aliphatic rings. The molecule has 166 valence electrons. The van der Waals surface area contributed by atoms with Gasteiger partial charge in [0.25, 0.3) is 0 Å². The number of thiophene rings is 1. The summed E-state index contributed by atoms with van der Waals surface area (Å²) >= 11 is 1.50. The second kappa shape index (κ2) is 9.85. The van der Waals surface area contributed by atoms with E-state index in [1.165, 1.54) is 23.6 Å². The van der Waals surface area contributed by atoms with Crippen LogP contribution in [0.5, 0.6) is 0 Å². The molecule has 0 radical (unpaired) electrons. The van der Waals surface area contributed by atoms with Crippen LogP contribution in [0.25, 0.3) is 0 Å². The Morgan fingerprint density at radius 2 is 2.06 bits per heavy atom. The molecule has 0 fully saturated rings. The first-order valence-electron chi connectivity index (χ1n) is 10.4. The standard InChI is InChI=1S/C24H30FN3O2S/c1-16-8-5-6-10-19(16)22(23(30)27-24(2,3)4)28(17-11-12-26-20(25)14-17)21(29)15-18-9-7-13-31-18/h5-14,16,19,22-23,27,30H,15H2,1-4H3. The maximum absolute atomic E-state index is 14.1. The molecule has 7 heteroatoms. The first-order valence-corrected chi connectivity index (χ1v) is 11.3. The summed E-state index contributed by atoms with van der Waals surface area (Å²) in [7, 11) is 0. The van der Waals surface area contributed by atoms with Crippen molar-refractivity contribution in [3.63, 3.8) is 0 Å². The molecule has 0 bridgehead atoms. The number of aliphatic hydroxyl groups is 1. The Morgan fingerprint density at radius 1 is 1.32 bits per heavy atom. The van der Waals surface area contributed by atoms with Crippen molar-refractivity contribution in [1.82, 2.24) is 10.3 Å². The second-order valence-corrected chi connectivity index (χ2v) is 9.92. The number of carbonyl (C=O) groups excluding carboxylic acids is 1. The lowest BCUT2D eigenvalue weighted by Gasteiger charge is -2.43. The average molecular weight is 444 g/mol. The number of carbonyl (C=O) groups is 1. The average Bonchev–Trinajstić information content (AvgIpc) is 3.18. The quantitative estimate of drug-likeness (QED) is 0.494. The first kappa shape index (κ1) is 23.3. The van der Waals surface area contributed by atoms with Crippen LogP contribution in [0.2, 0.25) is 0 Å². The van der Waals surface area contributed by atoms with Gasteiger partial charge in [-0.05, 0) is 44.2 Å². The van der Waals surface area contributed by atoms with E-state index in [1.54, 1.807) is 11.0 Å². The van der Waals surface area contributed by atoms with E-state index in [2.05, 4.69) is 23.3 Å². The van der Waals surface area contributed by atoms with Gasteiger partial charge in [-0.15, -0.1) is 11.3 Å². The van der Waals surface area contributed by atoms with Crippen molar-refractivity contribution in [3.8, 4) is 0 Å². The van der Waals surface area contributed by atoms with Crippen LogP contribution < -0.4 is 10.2 Å². The lowest BCUT2D eigenvalue weighted by Crippen LogP contribution is -2.60. The third kappa shape index (κ3) is 6.09. The van der Waals surface area contributed by atoms with Gasteiger partial charge in [0.15, 0.2) is 0 Å². The number of hydrogen-bond acceptors (Lipinski definition) is 5. The number of allylic oxidation sites excluding steroid dienone is 3. The van der Waals surface area contributed by atoms with Crippen LogP contribution in [-0.2, 0) is 11.2 Å². The van der Waals surface area contributed by atoms with Gasteiger partial charge in [0.05, 0.1) is 18.2 Å². The number of halogens is 1. The van der Waals surface area contributed by atoms with Crippen LogP contribution in [0, 0.1) is 17.8 Å². The molecule has 4 atom stereocenters. The smallest absolute Gasteiger partial charge is 0.232 e. The zero-order valence-electron chi connectivity index (χ0n) is 18.3. The summed E-state index contributed by atoms with van der Waals surface area (Å²) in [4.78, 5) is 19.7. The van der Waals surface area contributed by atoms with Gasteiger partial charge in [0, 0.05) is 28.6 Å². The Bertz CT molecular complexity index is 937. The van der Waals surface area contributed by atoms with Crippen LogP contribution in [0.3, 0.4) is 0 Å². The molecule has 0 aromatic carbocycles. The van der Waals surface area contributed by atoms with E-state index in [9.17, 15) is 14.3 Å². The number of pyridine rings is 1. The zero-order valence-corrected chi connectivity index (χ0v) is 19.1. The molecule has 4 unspecified atom stereocenters. The number of nitrogens with zero attached hydrogens (tertiary/aromatic N) is 2. The summed E-state index contributed by atoms with van der Waals surface area (Å²) in [5.41, 5.74) is -0.00913. The highest BCUT2D eigenvalue weighted by molar-refractivity contribution is 7.10. The molecule has 1 aliphatic carbocycles. The molecule has 2 heterocycles. The second-order valence-electron chi connectivity index (χ2n) is 8.89. The summed E-state index contributed by atoms with van der Waals surface area (Å²) in [6.45, 7) is 7.92. The highest BCUT2D eigenvalue weighted by Crippen LogP contribution is 2.32. The summed E-state index contributed by atoms with van der Waals surface area (Å²) in [6.07, 6.45) is 8.43. The van der Waals surface area contributed by atoms with E-state index < -0.39 is 18.2 Å². The number of aliphatic hydroxyl groups excluding tert-OH is 1. The molecular weight excluding hydrogens is 413 g/mol. The van der Waals surface area contributed by atoms with E-state index in [1.807, 2.05) is 56.5 Å². The van der Waals surface area contributed by atoms with Crippen molar-refractivity contribution in [2.45, 2.75) is 51.9 Å². The van der Waals surface area contributed by atoms with Crippen LogP contribution >= 0.6 is 11.3 Å². The molecule has 2 aromatic heterocycles. The SMILES string of the molecule is CC1C=CC=CC1C(C(O)NC(C)(C)C)N(C(=O)Cc1cccs1)c1ccnc(F)c1. The summed E-state index contributed by atoms with van der Waals surface area (Å²) in [6, 6.07) is 6.01. The number of rotatable bonds is 7. The Labute approximate surface area is 187 Å². The molecule has 0 aliphatic heterocycles. The Hall–Kier alpha value is -2.35. The molecule has 2 aromatic rings. The maximum Gasteiger partial charge on any atom is 0.232 e. The normalized spacial score (nSPS) is 20.5. The van der Waals surface area contributed by atoms with Gasteiger partial charge in [0.1, 0.15) is 6.23 Å². The van der Waals surface area contributed by atoms with E-state index >= 15 is 0 Å². The molecule has 0 saturated heterocycles. The molecule has 1 amide bonds. The number of amides is 1. The van der Waals surface area contributed by atoms with E-state index in [-0.39, 0.29) is 29.7 Å². The molecule has 2 N–H and O–H groups in total. The Morgan fingerprint density at radius 3 is 2.68 bits per heavy atom. The molecule has 5 nitrogen and oxygen atoms in total. The van der Waals surface area contributed by atoms with Gasteiger partial charge in [-0.2, -0.15) is 4.39 Å². The fraction of sp³-hybridized carbons (Fsp3) is 0.417. The predicted octanol–water partition coefficient (Wildman–Crippen LogP) is 4.31. The van der Waals surface area contributed by atoms with Crippen molar-refractivity contribution < 1.29 is 14.3 Å². The molecular formula is C24H30FN3O2S. The largest absolute Gasteiger partial charge is 0.376 e. The highest BCUT2D eigenvalue weighted by atomic mass is 32.1. The Balaban J connectivity index is 2.07. The van der Waals surface area contributed by atoms with Crippen molar-refractivity contribution in [1.29, 1.82) is 0 Å². The molecule has 3 rings (SSSR count). The third-order valence-electron chi connectivity index (χ3n) is 5.23. The van der Waals surface area contributed by atoms with Gasteiger partial charge in [0.2, 0.25) is 11.9 Å². The van der Waals surface area contributed by atoms with Gasteiger partial charge < -0.3 is 10.0 Å². The van der Waals surface area contributed by atoms with E-state index in [0.717, 1.165) is 4.88 Å². The maximum atomic E-state index is 14.1. The minimum Gasteiger partial charge on any atom is -0.376 e. The predicted molar refractivity (Wildman–Crippen MR) is 123 cm³/mol. The first-order chi connectivity index (χ1) is 14.7. The molecule has 0 saturated carbocycles. The van der Waals surface area contributed by atoms with Gasteiger partial charge in [-0.3, -0.25) is 10.1 Å². The number of aromatic nitrogens is 1. The Kier molecular flexibility index (Phi) is 7.41. The summed E-state index contributed by atoms with van der Waals surface area (Å²) in [5, 5.41) is 16.5. The fourth-order valence-corrected chi connectivity index (χ4v) is 4.58. The zero-order chi connectivity index (χ0) is 22.6. The monoisotopic (exact) mass is 443 g/mol. The third-order valence-corrected chi connectivity index (χ3v) is 6.10. The van der Waals surface area contributed by atoms with Gasteiger partial charge >= 0.3 is 0 Å². The number of hydrogen-bond donors (Lipinski definition) is 2.